The number of hydrogen-bond donors (Lipinski definition) is 2. The number of aromatic nitrogens is 3. The Morgan fingerprint density at radius 2 is 1.72 bits per heavy atom. The number of benzene rings is 3. The molecule has 1 atom stereocenters. The Labute approximate surface area is 174 Å². The van der Waals surface area contributed by atoms with Crippen molar-refractivity contribution in [3.05, 3.63) is 82.8 Å². The summed E-state index contributed by atoms with van der Waals surface area (Å²) in [6, 6.07) is 23.4. The van der Waals surface area contributed by atoms with Gasteiger partial charge in [0, 0.05) is 32.5 Å². The molecule has 6 nitrogen and oxygen atoms in total. The Morgan fingerprint density at radius 3 is 2.59 bits per heavy atom. The van der Waals surface area contributed by atoms with Crippen molar-refractivity contribution >= 4 is 33.2 Å². The zero-order valence-corrected chi connectivity index (χ0v) is 16.6. The summed E-state index contributed by atoms with van der Waals surface area (Å²) in [4.78, 5) is 18.2. The van der Waals surface area contributed by atoms with Gasteiger partial charge in [0.1, 0.15) is 0 Å². The molecule has 7 heteroatoms. The van der Waals surface area contributed by atoms with Crippen LogP contribution in [-0.2, 0) is 10.5 Å². The molecule has 6 rings (SSSR count). The molecule has 0 fully saturated rings. The van der Waals surface area contributed by atoms with Crippen LogP contribution in [0.1, 0.15) is 5.56 Å². The Bertz CT molecular complexity index is 1300. The average molecular weight is 444 g/mol. The largest absolute Gasteiger partial charge is 0.349 e. The van der Waals surface area contributed by atoms with Crippen LogP contribution in [0, 0.1) is 0 Å². The molecule has 2 aliphatic heterocycles. The van der Waals surface area contributed by atoms with Crippen molar-refractivity contribution in [2.24, 2.45) is 0 Å². The Morgan fingerprint density at radius 1 is 0.931 bits per heavy atom. The minimum Gasteiger partial charge on any atom is -0.349 e. The maximum atomic E-state index is 13.4. The van der Waals surface area contributed by atoms with Gasteiger partial charge < -0.3 is 10.6 Å². The first-order valence-electron chi connectivity index (χ1n) is 9.19. The number of carbonyl (C=O) groups is 1. The molecule has 0 radical (unpaired) electrons. The fourth-order valence-corrected chi connectivity index (χ4v) is 4.42. The lowest BCUT2D eigenvalue weighted by atomic mass is 9.96. The molecule has 0 saturated carbocycles. The molecular weight excluding hydrogens is 430 g/mol. The number of para-hydroxylation sites is 1. The molecule has 140 valence electrons. The van der Waals surface area contributed by atoms with Gasteiger partial charge in [0.2, 0.25) is 5.66 Å². The summed E-state index contributed by atoms with van der Waals surface area (Å²) in [6.07, 6.45) is 0. The normalized spacial score (nSPS) is 18.6. The number of amides is 1. The lowest BCUT2D eigenvalue weighted by Crippen LogP contribution is -2.51. The van der Waals surface area contributed by atoms with Gasteiger partial charge in [-0.15, -0.1) is 5.10 Å². The van der Waals surface area contributed by atoms with E-state index in [1.165, 1.54) is 0 Å². The fraction of sp³-hybridized carbons (Fsp3) is 0.0455. The van der Waals surface area contributed by atoms with Crippen molar-refractivity contribution in [3.63, 3.8) is 0 Å². The number of hydrogen-bond acceptors (Lipinski definition) is 4. The summed E-state index contributed by atoms with van der Waals surface area (Å²) in [5.74, 6) is 1.04. The second kappa shape index (κ2) is 5.78. The quantitative estimate of drug-likeness (QED) is 0.455. The monoisotopic (exact) mass is 443 g/mol. The first kappa shape index (κ1) is 16.5. The first-order chi connectivity index (χ1) is 14.2. The van der Waals surface area contributed by atoms with E-state index >= 15 is 0 Å². The lowest BCUT2D eigenvalue weighted by Gasteiger charge is -2.35. The molecule has 0 aliphatic carbocycles. The van der Waals surface area contributed by atoms with E-state index in [1.54, 1.807) is 4.68 Å². The molecule has 2 aliphatic rings. The maximum absolute atomic E-state index is 13.4. The number of nitrogens with zero attached hydrogens (tertiary/aromatic N) is 3. The lowest BCUT2D eigenvalue weighted by molar-refractivity contribution is -0.121. The third-order valence-electron chi connectivity index (χ3n) is 5.39. The molecular formula is C22H14BrN5O. The molecule has 1 spiro atoms. The van der Waals surface area contributed by atoms with Crippen molar-refractivity contribution in [2.75, 3.05) is 10.6 Å². The number of fused-ring (bicyclic) bond motifs is 6. The first-order valence-corrected chi connectivity index (χ1v) is 9.98. The minimum atomic E-state index is -1.21. The van der Waals surface area contributed by atoms with Crippen LogP contribution in [0.2, 0.25) is 0 Å². The Balaban J connectivity index is 1.68. The van der Waals surface area contributed by atoms with Crippen LogP contribution >= 0.6 is 15.9 Å². The maximum Gasteiger partial charge on any atom is 0.278 e. The topological polar surface area (TPSA) is 71.8 Å². The molecule has 3 aromatic carbocycles. The highest BCUT2D eigenvalue weighted by Crippen LogP contribution is 2.47. The van der Waals surface area contributed by atoms with E-state index in [1.807, 2.05) is 72.8 Å². The van der Waals surface area contributed by atoms with E-state index in [0.29, 0.717) is 11.6 Å². The van der Waals surface area contributed by atoms with Gasteiger partial charge >= 0.3 is 0 Å². The van der Waals surface area contributed by atoms with Gasteiger partial charge in [0.15, 0.2) is 11.6 Å². The predicted octanol–water partition coefficient (Wildman–Crippen LogP) is 4.45. The molecule has 2 N–H and O–H groups in total. The van der Waals surface area contributed by atoms with Crippen LogP contribution in [0.4, 0.5) is 11.4 Å². The van der Waals surface area contributed by atoms with Crippen LogP contribution in [0.3, 0.4) is 0 Å². The van der Waals surface area contributed by atoms with Gasteiger partial charge in [-0.1, -0.05) is 58.4 Å². The van der Waals surface area contributed by atoms with E-state index in [2.05, 4.69) is 26.6 Å². The summed E-state index contributed by atoms with van der Waals surface area (Å²) in [5, 5.41) is 11.3. The highest BCUT2D eigenvalue weighted by molar-refractivity contribution is 9.10. The van der Waals surface area contributed by atoms with Gasteiger partial charge in [-0.25, -0.2) is 9.67 Å². The summed E-state index contributed by atoms with van der Waals surface area (Å²) < 4.78 is 2.60. The van der Waals surface area contributed by atoms with Crippen LogP contribution in [-0.4, -0.2) is 20.7 Å². The third kappa shape index (κ3) is 2.19. The molecule has 1 amide bonds. The molecule has 29 heavy (non-hydrogen) atoms. The van der Waals surface area contributed by atoms with E-state index < -0.39 is 5.66 Å². The number of anilines is 2. The SMILES string of the molecule is O=C1Nc2ccc(Br)cc2[C@]12Nc1ccccc1-c1nc(-c3ccccc3)nn12. The van der Waals surface area contributed by atoms with E-state index in [-0.39, 0.29) is 5.91 Å². The summed E-state index contributed by atoms with van der Waals surface area (Å²) in [6.45, 7) is 0. The second-order valence-electron chi connectivity index (χ2n) is 7.06. The van der Waals surface area contributed by atoms with Crippen LogP contribution in [0.25, 0.3) is 22.8 Å². The highest BCUT2D eigenvalue weighted by atomic mass is 79.9. The van der Waals surface area contributed by atoms with Gasteiger partial charge in [-0.2, -0.15) is 0 Å². The van der Waals surface area contributed by atoms with Crippen molar-refractivity contribution in [1.29, 1.82) is 0 Å². The molecule has 1 aromatic heterocycles. The van der Waals surface area contributed by atoms with Crippen molar-refractivity contribution in [3.8, 4) is 22.8 Å². The van der Waals surface area contributed by atoms with Gasteiger partial charge in [0.25, 0.3) is 5.91 Å². The van der Waals surface area contributed by atoms with Crippen molar-refractivity contribution < 1.29 is 4.79 Å². The van der Waals surface area contributed by atoms with Crippen LogP contribution < -0.4 is 10.6 Å². The minimum absolute atomic E-state index is 0.189. The summed E-state index contributed by atoms with van der Waals surface area (Å²) >= 11 is 3.54. The van der Waals surface area contributed by atoms with Gasteiger partial charge in [-0.3, -0.25) is 4.79 Å². The number of nitrogens with one attached hydrogen (secondary N) is 2. The smallest absolute Gasteiger partial charge is 0.278 e. The van der Waals surface area contributed by atoms with E-state index in [9.17, 15) is 4.79 Å². The Kier molecular flexibility index (Phi) is 3.29. The molecule has 0 saturated heterocycles. The zero-order valence-electron chi connectivity index (χ0n) is 15.1. The zero-order chi connectivity index (χ0) is 19.6. The summed E-state index contributed by atoms with van der Waals surface area (Å²) in [5.41, 5.74) is 3.00. The van der Waals surface area contributed by atoms with E-state index in [4.69, 9.17) is 10.1 Å². The molecule has 3 heterocycles. The highest BCUT2D eigenvalue weighted by Gasteiger charge is 2.53. The third-order valence-corrected chi connectivity index (χ3v) is 5.88. The standard InChI is InChI=1S/C22H14BrN5O/c23-14-10-11-18-16(12-14)22(21(29)24-18)26-17-9-5-4-8-15(17)20-25-19(27-28(20)22)13-6-2-1-3-7-13/h1-12,26H,(H,24,29)/t22-/m1/s1. The summed E-state index contributed by atoms with van der Waals surface area (Å²) in [7, 11) is 0. The van der Waals surface area contributed by atoms with E-state index in [0.717, 1.165) is 32.5 Å². The van der Waals surface area contributed by atoms with Crippen molar-refractivity contribution in [1.82, 2.24) is 14.8 Å². The number of carbonyl (C=O) groups excluding carboxylic acids is 1. The van der Waals surface area contributed by atoms with Gasteiger partial charge in [-0.05, 0) is 30.3 Å². The molecule has 0 bridgehead atoms. The Hall–Kier alpha value is -3.45. The van der Waals surface area contributed by atoms with Crippen molar-refractivity contribution in [2.45, 2.75) is 5.66 Å². The number of rotatable bonds is 1. The fourth-order valence-electron chi connectivity index (χ4n) is 4.06. The molecule has 0 unspecified atom stereocenters. The number of halogens is 1. The molecule has 4 aromatic rings. The second-order valence-corrected chi connectivity index (χ2v) is 7.98. The average Bonchev–Trinajstić information content (AvgIpc) is 3.31. The van der Waals surface area contributed by atoms with Crippen LogP contribution in [0.15, 0.2) is 77.3 Å². The van der Waals surface area contributed by atoms with Gasteiger partial charge in [0.05, 0.1) is 0 Å². The predicted molar refractivity (Wildman–Crippen MR) is 114 cm³/mol. The van der Waals surface area contributed by atoms with Crippen LogP contribution in [0.5, 0.6) is 0 Å².